The SMILES string of the molecule is C1=Cc2c(n(-c3ccccc3)c3c2ccc2c4ccccc4n(C4=NC(c5ccccc5-c5ccccc5)N=C(c5ccccc5)N4)c23)NC1. The molecule has 1 atom stereocenters. The maximum absolute atomic E-state index is 5.49. The van der Waals surface area contributed by atoms with Crippen molar-refractivity contribution in [3.8, 4) is 16.8 Å². The summed E-state index contributed by atoms with van der Waals surface area (Å²) in [6.45, 7) is 0.774. The van der Waals surface area contributed by atoms with Crippen molar-refractivity contribution in [2.45, 2.75) is 6.17 Å². The molecule has 0 radical (unpaired) electrons. The van der Waals surface area contributed by atoms with Crippen molar-refractivity contribution >= 4 is 56.4 Å². The Balaban J connectivity index is 1.30. The second-order valence-corrected chi connectivity index (χ2v) is 12.7. The number of benzene rings is 6. The van der Waals surface area contributed by atoms with Crippen LogP contribution in [0, 0.1) is 0 Å². The molecule has 8 aromatic rings. The molecule has 238 valence electrons. The number of fused-ring (bicyclic) bond motifs is 7. The molecular weight excluding hydrogens is 613 g/mol. The Morgan fingerprint density at radius 3 is 2.04 bits per heavy atom. The summed E-state index contributed by atoms with van der Waals surface area (Å²) in [5.41, 5.74) is 9.90. The van der Waals surface area contributed by atoms with Crippen molar-refractivity contribution in [2.24, 2.45) is 9.98 Å². The van der Waals surface area contributed by atoms with Crippen molar-refractivity contribution in [3.05, 3.63) is 174 Å². The predicted octanol–water partition coefficient (Wildman–Crippen LogP) is 9.80. The number of aliphatic imine (C=N–C) groups is 2. The second kappa shape index (κ2) is 11.5. The zero-order valence-corrected chi connectivity index (χ0v) is 27.2. The van der Waals surface area contributed by atoms with Gasteiger partial charge in [0.1, 0.15) is 11.7 Å². The summed E-state index contributed by atoms with van der Waals surface area (Å²) in [5, 5.41) is 10.9. The smallest absolute Gasteiger partial charge is 0.211 e. The molecule has 0 aliphatic carbocycles. The first-order chi connectivity index (χ1) is 24.8. The molecule has 0 spiro atoms. The minimum atomic E-state index is -0.480. The second-order valence-electron chi connectivity index (χ2n) is 12.7. The molecule has 6 heteroatoms. The van der Waals surface area contributed by atoms with E-state index in [-0.39, 0.29) is 0 Å². The minimum Gasteiger partial charge on any atom is -0.367 e. The summed E-state index contributed by atoms with van der Waals surface area (Å²) in [6.07, 6.45) is 3.97. The van der Waals surface area contributed by atoms with E-state index in [1.165, 1.54) is 21.7 Å². The van der Waals surface area contributed by atoms with Crippen LogP contribution in [0.15, 0.2) is 168 Å². The molecule has 50 heavy (non-hydrogen) atoms. The van der Waals surface area contributed by atoms with Gasteiger partial charge in [-0.3, -0.25) is 9.13 Å². The summed E-state index contributed by atoms with van der Waals surface area (Å²) in [5.74, 6) is 2.61. The third kappa shape index (κ3) is 4.42. The highest BCUT2D eigenvalue weighted by molar-refractivity contribution is 6.25. The Labute approximate surface area is 289 Å². The molecule has 2 N–H and O–H groups in total. The van der Waals surface area contributed by atoms with E-state index in [0.29, 0.717) is 0 Å². The Kier molecular flexibility index (Phi) is 6.52. The third-order valence-corrected chi connectivity index (χ3v) is 9.80. The largest absolute Gasteiger partial charge is 0.367 e. The summed E-state index contributed by atoms with van der Waals surface area (Å²) in [6, 6.07) is 53.2. The first kappa shape index (κ1) is 28.4. The number of para-hydroxylation sites is 2. The topological polar surface area (TPSA) is 58.6 Å². The lowest BCUT2D eigenvalue weighted by Gasteiger charge is -2.25. The number of amidine groups is 1. The van der Waals surface area contributed by atoms with Crippen LogP contribution in [-0.4, -0.2) is 27.5 Å². The molecule has 2 aliphatic rings. The molecule has 1 unspecified atom stereocenters. The number of nitrogens with one attached hydrogen (secondary N) is 2. The molecule has 0 bridgehead atoms. The molecule has 0 amide bonds. The predicted molar refractivity (Wildman–Crippen MR) is 207 cm³/mol. The van der Waals surface area contributed by atoms with Gasteiger partial charge in [0.25, 0.3) is 0 Å². The molecule has 6 aromatic carbocycles. The van der Waals surface area contributed by atoms with Crippen LogP contribution in [0.1, 0.15) is 22.9 Å². The standard InChI is InChI=1S/C44H32N6/c1-4-15-29(16-5-1)32-21-10-11-23-36(32)42-46-41(30-17-6-2-7-18-30)47-44(48-42)50-38-25-13-12-22-33(38)34-26-27-35-37-24-14-28-45-43(37)49(39(35)40(34)50)31-19-8-3-9-20-31/h1-27,42,45H,28H2,(H,46,47,48). The zero-order chi connectivity index (χ0) is 33.0. The maximum atomic E-state index is 5.49. The Morgan fingerprint density at radius 2 is 1.22 bits per heavy atom. The first-order valence-corrected chi connectivity index (χ1v) is 17.0. The highest BCUT2D eigenvalue weighted by Crippen LogP contribution is 2.43. The van der Waals surface area contributed by atoms with Gasteiger partial charge in [-0.05, 0) is 29.3 Å². The molecule has 0 saturated carbocycles. The lowest BCUT2D eigenvalue weighted by atomic mass is 9.98. The van der Waals surface area contributed by atoms with E-state index in [0.717, 1.165) is 68.6 Å². The van der Waals surface area contributed by atoms with E-state index in [4.69, 9.17) is 9.98 Å². The fourth-order valence-electron chi connectivity index (χ4n) is 7.61. The number of hydrogen-bond acceptors (Lipinski definition) is 4. The van der Waals surface area contributed by atoms with Gasteiger partial charge in [-0.1, -0.05) is 146 Å². The van der Waals surface area contributed by atoms with Crippen LogP contribution < -0.4 is 10.6 Å². The lowest BCUT2D eigenvalue weighted by Crippen LogP contribution is -2.39. The monoisotopic (exact) mass is 644 g/mol. The van der Waals surface area contributed by atoms with E-state index in [9.17, 15) is 0 Å². The number of nitrogens with zero attached hydrogens (tertiary/aromatic N) is 4. The summed E-state index contributed by atoms with van der Waals surface area (Å²) in [7, 11) is 0. The van der Waals surface area contributed by atoms with Crippen molar-refractivity contribution < 1.29 is 0 Å². The van der Waals surface area contributed by atoms with Gasteiger partial charge >= 0.3 is 0 Å². The van der Waals surface area contributed by atoms with Crippen LogP contribution in [0.4, 0.5) is 5.82 Å². The maximum Gasteiger partial charge on any atom is 0.211 e. The van der Waals surface area contributed by atoms with Crippen molar-refractivity contribution in [3.63, 3.8) is 0 Å². The van der Waals surface area contributed by atoms with Gasteiger partial charge in [0.05, 0.1) is 16.6 Å². The van der Waals surface area contributed by atoms with Gasteiger partial charge in [0, 0.05) is 45.1 Å². The first-order valence-electron chi connectivity index (χ1n) is 17.0. The Morgan fingerprint density at radius 1 is 0.560 bits per heavy atom. The van der Waals surface area contributed by atoms with E-state index in [1.54, 1.807) is 0 Å². The van der Waals surface area contributed by atoms with E-state index >= 15 is 0 Å². The number of hydrogen-bond donors (Lipinski definition) is 2. The zero-order valence-electron chi connectivity index (χ0n) is 27.2. The highest BCUT2D eigenvalue weighted by Gasteiger charge is 2.28. The van der Waals surface area contributed by atoms with Gasteiger partial charge in [-0.2, -0.15) is 0 Å². The highest BCUT2D eigenvalue weighted by atomic mass is 15.3. The lowest BCUT2D eigenvalue weighted by molar-refractivity contribution is 0.747. The Bertz CT molecular complexity index is 2660. The van der Waals surface area contributed by atoms with Gasteiger partial charge in [0.2, 0.25) is 5.96 Å². The van der Waals surface area contributed by atoms with Gasteiger partial charge in [0.15, 0.2) is 6.17 Å². The molecule has 0 saturated heterocycles. The fourth-order valence-corrected chi connectivity index (χ4v) is 7.61. The van der Waals surface area contributed by atoms with Gasteiger partial charge < -0.3 is 10.6 Å². The third-order valence-electron chi connectivity index (χ3n) is 9.80. The summed E-state index contributed by atoms with van der Waals surface area (Å²) >= 11 is 0. The number of aromatic nitrogens is 2. The summed E-state index contributed by atoms with van der Waals surface area (Å²) in [4.78, 5) is 10.8. The van der Waals surface area contributed by atoms with Crippen LogP contribution in [0.5, 0.6) is 0 Å². The minimum absolute atomic E-state index is 0.480. The molecule has 4 heterocycles. The average molecular weight is 645 g/mol. The number of anilines is 1. The van der Waals surface area contributed by atoms with E-state index in [2.05, 4.69) is 178 Å². The van der Waals surface area contributed by atoms with E-state index < -0.39 is 6.17 Å². The van der Waals surface area contributed by atoms with Crippen LogP contribution in [-0.2, 0) is 0 Å². The van der Waals surface area contributed by atoms with Crippen LogP contribution >= 0.6 is 0 Å². The van der Waals surface area contributed by atoms with Gasteiger partial charge in [-0.25, -0.2) is 9.98 Å². The molecule has 2 aromatic heterocycles. The van der Waals surface area contributed by atoms with Crippen molar-refractivity contribution in [1.29, 1.82) is 0 Å². The molecular formula is C44H32N6. The van der Waals surface area contributed by atoms with Gasteiger partial charge in [-0.15, -0.1) is 0 Å². The summed E-state index contributed by atoms with van der Waals surface area (Å²) < 4.78 is 4.70. The van der Waals surface area contributed by atoms with E-state index in [1.807, 2.05) is 6.07 Å². The normalized spacial score (nSPS) is 15.4. The van der Waals surface area contributed by atoms with Crippen LogP contribution in [0.2, 0.25) is 0 Å². The molecule has 0 fully saturated rings. The van der Waals surface area contributed by atoms with Crippen LogP contribution in [0.25, 0.3) is 55.6 Å². The van der Waals surface area contributed by atoms with Crippen molar-refractivity contribution in [1.82, 2.24) is 14.5 Å². The quantitative estimate of drug-likeness (QED) is 0.200. The van der Waals surface area contributed by atoms with Crippen molar-refractivity contribution in [2.75, 3.05) is 11.9 Å². The Hall–Kier alpha value is -6.66. The average Bonchev–Trinajstić information content (AvgIpc) is 3.72. The molecule has 2 aliphatic heterocycles. The molecule has 6 nitrogen and oxygen atoms in total. The molecule has 10 rings (SSSR count). The van der Waals surface area contributed by atoms with Crippen LogP contribution in [0.3, 0.4) is 0 Å². The fraction of sp³-hybridized carbons (Fsp3) is 0.0455. The number of rotatable bonds is 4.